The van der Waals surface area contributed by atoms with E-state index < -0.39 is 0 Å². The molecular weight excluding hydrogens is 376 g/mol. The second-order valence-electron chi connectivity index (χ2n) is 7.58. The van der Waals surface area contributed by atoms with E-state index in [1.807, 2.05) is 18.2 Å². The third-order valence-electron chi connectivity index (χ3n) is 5.59. The molecule has 28 heavy (non-hydrogen) atoms. The number of nitrogens with zero attached hydrogens (tertiary/aromatic N) is 4. The number of rotatable bonds is 4. The lowest BCUT2D eigenvalue weighted by atomic mass is 10.0. The monoisotopic (exact) mass is 400 g/mol. The smallest absolute Gasteiger partial charge is 0.226 e. The molecule has 1 aliphatic heterocycles. The maximum Gasteiger partial charge on any atom is 0.226 e. The zero-order valence-corrected chi connectivity index (χ0v) is 16.8. The second kappa shape index (κ2) is 8.35. The predicted molar refractivity (Wildman–Crippen MR) is 109 cm³/mol. The molecule has 2 fully saturated rings. The lowest BCUT2D eigenvalue weighted by Crippen LogP contribution is -2.55. The number of benzene rings is 1. The van der Waals surface area contributed by atoms with Crippen molar-refractivity contribution in [3.8, 4) is 11.6 Å². The first-order valence-electron chi connectivity index (χ1n) is 9.91. The van der Waals surface area contributed by atoms with Gasteiger partial charge in [-0.15, -0.1) is 0 Å². The van der Waals surface area contributed by atoms with Crippen LogP contribution < -0.4 is 9.64 Å². The average molecular weight is 401 g/mol. The molecule has 2 aliphatic rings. The molecular formula is C21H25ClN4O2. The van der Waals surface area contributed by atoms with Crippen molar-refractivity contribution >= 4 is 23.3 Å². The molecule has 0 radical (unpaired) electrons. The van der Waals surface area contributed by atoms with Crippen LogP contribution >= 0.6 is 11.6 Å². The molecule has 0 unspecified atom stereocenters. The van der Waals surface area contributed by atoms with Crippen LogP contribution in [0.15, 0.2) is 36.7 Å². The van der Waals surface area contributed by atoms with E-state index >= 15 is 0 Å². The zero-order chi connectivity index (χ0) is 19.5. The standard InChI is InChI=1S/C21H25ClN4O2/c1-15-13-25(9-10-26(15)21(27)16-5-2-3-6-16)19-12-20(24-14-23-19)28-18-8-4-7-17(22)11-18/h4,7-8,11-12,14-16H,2-3,5-6,9-10,13H2,1H3/t15-/m1/s1. The van der Waals surface area contributed by atoms with Crippen LogP contribution in [0.1, 0.15) is 32.6 Å². The molecule has 4 rings (SSSR count). The van der Waals surface area contributed by atoms with Crippen molar-refractivity contribution in [3.63, 3.8) is 0 Å². The summed E-state index contributed by atoms with van der Waals surface area (Å²) in [6, 6.07) is 9.22. The molecule has 1 aromatic heterocycles. The van der Waals surface area contributed by atoms with Gasteiger partial charge in [-0.2, -0.15) is 0 Å². The molecule has 1 atom stereocenters. The van der Waals surface area contributed by atoms with E-state index in [0.717, 1.165) is 38.3 Å². The summed E-state index contributed by atoms with van der Waals surface area (Å²) in [6.07, 6.45) is 5.96. The van der Waals surface area contributed by atoms with Crippen molar-refractivity contribution in [1.29, 1.82) is 0 Å². The molecule has 7 heteroatoms. The van der Waals surface area contributed by atoms with E-state index in [1.54, 1.807) is 12.1 Å². The highest BCUT2D eigenvalue weighted by Gasteiger charge is 2.33. The Kier molecular flexibility index (Phi) is 5.67. The van der Waals surface area contributed by atoms with Gasteiger partial charge < -0.3 is 14.5 Å². The number of hydrogen-bond acceptors (Lipinski definition) is 5. The Bertz CT molecular complexity index is 841. The molecule has 0 bridgehead atoms. The number of piperazine rings is 1. The van der Waals surface area contributed by atoms with Gasteiger partial charge in [0, 0.05) is 42.7 Å². The topological polar surface area (TPSA) is 58.6 Å². The van der Waals surface area contributed by atoms with Gasteiger partial charge in [-0.1, -0.05) is 30.5 Å². The van der Waals surface area contributed by atoms with Gasteiger partial charge in [0.15, 0.2) is 0 Å². The van der Waals surface area contributed by atoms with Crippen molar-refractivity contribution in [3.05, 3.63) is 41.7 Å². The number of ether oxygens (including phenoxy) is 1. The molecule has 1 saturated heterocycles. The summed E-state index contributed by atoms with van der Waals surface area (Å²) in [5, 5.41) is 0.614. The van der Waals surface area contributed by atoms with Gasteiger partial charge in [0.1, 0.15) is 17.9 Å². The number of anilines is 1. The summed E-state index contributed by atoms with van der Waals surface area (Å²) in [5.74, 6) is 2.48. The normalized spacial score (nSPS) is 20.4. The number of amides is 1. The van der Waals surface area contributed by atoms with Crippen LogP contribution in [0, 0.1) is 5.92 Å². The average Bonchev–Trinajstić information content (AvgIpc) is 3.22. The largest absolute Gasteiger partial charge is 0.439 e. The van der Waals surface area contributed by atoms with E-state index in [0.29, 0.717) is 22.6 Å². The van der Waals surface area contributed by atoms with Gasteiger partial charge >= 0.3 is 0 Å². The maximum atomic E-state index is 12.8. The van der Waals surface area contributed by atoms with E-state index in [9.17, 15) is 4.79 Å². The van der Waals surface area contributed by atoms with Gasteiger partial charge in [0.2, 0.25) is 11.8 Å². The minimum atomic E-state index is 0.161. The minimum Gasteiger partial charge on any atom is -0.439 e. The van der Waals surface area contributed by atoms with Crippen molar-refractivity contribution in [2.24, 2.45) is 5.92 Å². The first-order chi connectivity index (χ1) is 13.6. The Morgan fingerprint density at radius 3 is 2.75 bits per heavy atom. The number of carbonyl (C=O) groups is 1. The summed E-state index contributed by atoms with van der Waals surface area (Å²) >= 11 is 6.01. The third kappa shape index (κ3) is 4.22. The molecule has 1 amide bonds. The van der Waals surface area contributed by atoms with Gasteiger partial charge in [-0.25, -0.2) is 9.97 Å². The SMILES string of the molecule is C[C@@H]1CN(c2cc(Oc3cccc(Cl)c3)ncn2)CCN1C(=O)C1CCCC1. The van der Waals surface area contributed by atoms with E-state index in [4.69, 9.17) is 16.3 Å². The van der Waals surface area contributed by atoms with Gasteiger partial charge in [0.25, 0.3) is 0 Å². The Morgan fingerprint density at radius 2 is 2.00 bits per heavy atom. The van der Waals surface area contributed by atoms with Gasteiger partial charge in [-0.05, 0) is 38.0 Å². The quantitative estimate of drug-likeness (QED) is 0.771. The summed E-state index contributed by atoms with van der Waals surface area (Å²) in [7, 11) is 0. The fourth-order valence-electron chi connectivity index (χ4n) is 4.11. The highest BCUT2D eigenvalue weighted by Crippen LogP contribution is 2.29. The third-order valence-corrected chi connectivity index (χ3v) is 5.82. The summed E-state index contributed by atoms with van der Waals surface area (Å²) < 4.78 is 5.82. The van der Waals surface area contributed by atoms with Crippen LogP contribution in [-0.4, -0.2) is 46.5 Å². The highest BCUT2D eigenvalue weighted by atomic mass is 35.5. The van der Waals surface area contributed by atoms with E-state index in [-0.39, 0.29) is 12.0 Å². The molecule has 0 spiro atoms. The minimum absolute atomic E-state index is 0.161. The van der Waals surface area contributed by atoms with Crippen LogP contribution in [0.4, 0.5) is 5.82 Å². The molecule has 1 saturated carbocycles. The maximum absolute atomic E-state index is 12.8. The van der Waals surface area contributed by atoms with Crippen molar-refractivity contribution in [2.75, 3.05) is 24.5 Å². The highest BCUT2D eigenvalue weighted by molar-refractivity contribution is 6.30. The molecule has 6 nitrogen and oxygen atoms in total. The predicted octanol–water partition coefficient (Wildman–Crippen LogP) is 4.15. The fraction of sp³-hybridized carbons (Fsp3) is 0.476. The van der Waals surface area contributed by atoms with Crippen molar-refractivity contribution in [2.45, 2.75) is 38.6 Å². The second-order valence-corrected chi connectivity index (χ2v) is 8.02. The number of halogens is 1. The first-order valence-corrected chi connectivity index (χ1v) is 10.3. The zero-order valence-electron chi connectivity index (χ0n) is 16.1. The summed E-state index contributed by atoms with van der Waals surface area (Å²) in [6.45, 7) is 4.36. The molecule has 2 aromatic rings. The van der Waals surface area contributed by atoms with Crippen LogP contribution in [0.25, 0.3) is 0 Å². The van der Waals surface area contributed by atoms with E-state index in [1.165, 1.54) is 19.2 Å². The number of hydrogen-bond donors (Lipinski definition) is 0. The first kappa shape index (κ1) is 19.0. The van der Waals surface area contributed by atoms with Crippen LogP contribution in [-0.2, 0) is 4.79 Å². The summed E-state index contributed by atoms with van der Waals surface area (Å²) in [5.41, 5.74) is 0. The molecule has 2 heterocycles. The Hall–Kier alpha value is -2.34. The lowest BCUT2D eigenvalue weighted by Gasteiger charge is -2.41. The molecule has 148 valence electrons. The molecule has 1 aliphatic carbocycles. The Morgan fingerprint density at radius 1 is 1.18 bits per heavy atom. The van der Waals surface area contributed by atoms with Crippen molar-refractivity contribution < 1.29 is 9.53 Å². The van der Waals surface area contributed by atoms with Crippen molar-refractivity contribution in [1.82, 2.24) is 14.9 Å². The molecule has 1 aromatic carbocycles. The lowest BCUT2D eigenvalue weighted by molar-refractivity contribution is -0.137. The number of aromatic nitrogens is 2. The van der Waals surface area contributed by atoms with Crippen LogP contribution in [0.2, 0.25) is 5.02 Å². The van der Waals surface area contributed by atoms with Gasteiger partial charge in [0.05, 0.1) is 0 Å². The Balaban J connectivity index is 1.42. The van der Waals surface area contributed by atoms with Crippen LogP contribution in [0.3, 0.4) is 0 Å². The van der Waals surface area contributed by atoms with Gasteiger partial charge in [-0.3, -0.25) is 4.79 Å². The molecule has 0 N–H and O–H groups in total. The summed E-state index contributed by atoms with van der Waals surface area (Å²) in [4.78, 5) is 25.6. The fourth-order valence-corrected chi connectivity index (χ4v) is 4.29. The van der Waals surface area contributed by atoms with Crippen LogP contribution in [0.5, 0.6) is 11.6 Å². The Labute approximate surface area is 170 Å². The van der Waals surface area contributed by atoms with E-state index in [2.05, 4.69) is 26.7 Å². The number of carbonyl (C=O) groups excluding carboxylic acids is 1.